The maximum absolute atomic E-state index is 12.8. The molecule has 10 aromatic rings. The number of fused-ring (bicyclic) bond motifs is 6. The Morgan fingerprint density at radius 2 is 0.967 bits per heavy atom. The molecule has 4 atom stereocenters. The van der Waals surface area contributed by atoms with Crippen molar-refractivity contribution in [2.45, 2.75) is 126 Å². The third-order valence-corrected chi connectivity index (χ3v) is 18.8. The van der Waals surface area contributed by atoms with E-state index >= 15 is 0 Å². The lowest BCUT2D eigenvalue weighted by molar-refractivity contribution is 0.0303. The SMILES string of the molecule is CC(C)(C)OC(=O)NC1(c2ccc(-n3c(-c4cccnc4N)nc4ccc(-c5cccc(N6CC7CCC(C6)O7)c5)nc43)cc2)CCC1.Cl.Cl.Cl.Nc1ncccc1-c1nc2ccc(-c3cccc(N4CC5CCC(C4)O5)c3)nc2n1-c1ccc(C2(N)CCC2)cc1. The molecule has 21 heteroatoms. The van der Waals surface area contributed by atoms with Crippen LogP contribution in [0.3, 0.4) is 0 Å². The number of hydrogen-bond donors (Lipinski definition) is 4. The van der Waals surface area contributed by atoms with Crippen LogP contribution >= 0.6 is 37.2 Å². The molecule has 18 nitrogen and oxygen atoms in total. The van der Waals surface area contributed by atoms with E-state index < -0.39 is 17.2 Å². The molecule has 4 aliphatic heterocycles. The Labute approximate surface area is 553 Å². The third kappa shape index (κ3) is 12.3. The predicted octanol–water partition coefficient (Wildman–Crippen LogP) is 13.7. The van der Waals surface area contributed by atoms with Crippen LogP contribution in [0.5, 0.6) is 0 Å². The minimum atomic E-state index is -0.568. The lowest BCUT2D eigenvalue weighted by atomic mass is 9.72. The van der Waals surface area contributed by atoms with Gasteiger partial charge in [-0.15, -0.1) is 37.2 Å². The summed E-state index contributed by atoms with van der Waals surface area (Å²) in [6.07, 6.45) is 14.8. The normalized spacial score (nSPS) is 19.9. The average Bonchev–Trinajstić information content (AvgIpc) is 1.53. The van der Waals surface area contributed by atoms with Gasteiger partial charge < -0.3 is 46.5 Å². The van der Waals surface area contributed by atoms with Gasteiger partial charge in [-0.3, -0.25) is 9.13 Å². The first-order valence-corrected chi connectivity index (χ1v) is 31.4. The summed E-state index contributed by atoms with van der Waals surface area (Å²) < 4.78 is 21.9. The molecule has 2 aliphatic carbocycles. The number of pyridine rings is 4. The van der Waals surface area contributed by atoms with Crippen LogP contribution in [0.2, 0.25) is 0 Å². The number of benzene rings is 4. The molecule has 10 heterocycles. The van der Waals surface area contributed by atoms with Gasteiger partial charge in [0, 0.05) is 78.0 Å². The second-order valence-corrected chi connectivity index (χ2v) is 26.0. The summed E-state index contributed by atoms with van der Waals surface area (Å²) in [5, 5.41) is 3.17. The molecule has 4 bridgehead atoms. The Kier molecular flexibility index (Phi) is 17.8. The average molecular weight is 1300 g/mol. The largest absolute Gasteiger partial charge is 0.444 e. The summed E-state index contributed by atoms with van der Waals surface area (Å²) in [6.45, 7) is 9.34. The van der Waals surface area contributed by atoms with Crippen LogP contribution in [-0.4, -0.2) is 101 Å². The maximum atomic E-state index is 12.8. The quantitative estimate of drug-likeness (QED) is 0.0944. The van der Waals surface area contributed by atoms with Crippen LogP contribution in [0.15, 0.2) is 158 Å². The molecular formula is C71H77Cl3N14O4. The summed E-state index contributed by atoms with van der Waals surface area (Å²) in [4.78, 5) is 46.8. The number of nitrogens with zero attached hydrogens (tertiary/aromatic N) is 10. The number of aromatic nitrogens is 8. The zero-order chi connectivity index (χ0) is 60.6. The van der Waals surface area contributed by atoms with Gasteiger partial charge in [0.25, 0.3) is 0 Å². The van der Waals surface area contributed by atoms with Crippen molar-refractivity contribution in [3.63, 3.8) is 0 Å². The summed E-state index contributed by atoms with van der Waals surface area (Å²) in [6, 6.07) is 49.9. The number of nitrogen functional groups attached to an aromatic ring is 2. The molecule has 7 N–H and O–H groups in total. The first-order valence-electron chi connectivity index (χ1n) is 31.4. The number of halogens is 3. The summed E-state index contributed by atoms with van der Waals surface area (Å²) in [5.74, 6) is 2.21. The second kappa shape index (κ2) is 25.6. The van der Waals surface area contributed by atoms with Gasteiger partial charge in [-0.2, -0.15) is 0 Å². The molecule has 6 aromatic heterocycles. The predicted molar refractivity (Wildman–Crippen MR) is 370 cm³/mol. The van der Waals surface area contributed by atoms with E-state index in [1.165, 1.54) is 23.4 Å². The Morgan fingerprint density at radius 1 is 0.533 bits per heavy atom. The van der Waals surface area contributed by atoms with Gasteiger partial charge in [-0.25, -0.2) is 34.7 Å². The zero-order valence-electron chi connectivity index (χ0n) is 51.8. The van der Waals surface area contributed by atoms with Gasteiger partial charge in [0.05, 0.1) is 52.5 Å². The molecule has 0 radical (unpaired) electrons. The Hall–Kier alpha value is -8.36. The number of alkyl carbamates (subject to hydrolysis) is 1. The molecule has 1 amide bonds. The van der Waals surface area contributed by atoms with Crippen molar-refractivity contribution in [1.29, 1.82) is 0 Å². The van der Waals surface area contributed by atoms with E-state index in [1.807, 2.05) is 67.8 Å². The van der Waals surface area contributed by atoms with Crippen molar-refractivity contribution in [3.8, 4) is 56.7 Å². The number of nitrogens with two attached hydrogens (primary N) is 3. The molecule has 4 aromatic carbocycles. The van der Waals surface area contributed by atoms with Gasteiger partial charge in [-0.05, 0) is 193 Å². The van der Waals surface area contributed by atoms with Crippen LogP contribution in [0.4, 0.5) is 27.8 Å². The maximum Gasteiger partial charge on any atom is 0.408 e. The molecule has 16 rings (SSSR count). The van der Waals surface area contributed by atoms with E-state index in [0.717, 1.165) is 157 Å². The first kappa shape index (κ1) is 63.8. The number of imidazole rings is 2. The van der Waals surface area contributed by atoms with Crippen molar-refractivity contribution < 1.29 is 19.0 Å². The fraction of sp³-hybridized carbons (Fsp3) is 0.338. The standard InChI is InChI=1S/C38H41N7O3.C33H33N7O.3ClH/c1-37(2,3)48-36(46)43-38(18-6-19-38)25-10-12-26(13-11-25)45-34(30-9-5-20-40-33(30)39)42-32-17-16-31(41-35(32)45)24-7-4-8-27(21-24)44-22-28-14-15-29(23-44)47-28;34-30-27(6-2-17-36-30)31-38-29-14-13-28(21-4-1-5-24(18-21)39-19-25-11-12-26(20-39)41-25)37-32(29)40(31)23-9-7-22(8-10-23)33(35)15-3-16-33;;;/h4-5,7-13,16-17,20-21,28-29H,6,14-15,18-19,22-23H2,1-3H3,(H2,39,40)(H,43,46);1-2,4-10,13-14,17-18,25-26H,3,11-12,15-16,19-20,35H2,(H2,34,36);3*1H. The minimum Gasteiger partial charge on any atom is -0.444 e. The minimum absolute atomic E-state index is 0. The van der Waals surface area contributed by atoms with Crippen molar-refractivity contribution in [3.05, 3.63) is 169 Å². The number of anilines is 4. The highest BCUT2D eigenvalue weighted by Gasteiger charge is 2.42. The number of rotatable bonds is 11. The number of carbonyl (C=O) groups is 1. The molecule has 4 saturated heterocycles. The smallest absolute Gasteiger partial charge is 0.408 e. The topological polar surface area (TPSA) is 229 Å². The van der Waals surface area contributed by atoms with E-state index in [9.17, 15) is 4.79 Å². The van der Waals surface area contributed by atoms with Crippen LogP contribution in [0.25, 0.3) is 79.0 Å². The number of amides is 1. The highest BCUT2D eigenvalue weighted by Crippen LogP contribution is 2.44. The highest BCUT2D eigenvalue weighted by atomic mass is 35.5. The lowest BCUT2D eigenvalue weighted by Crippen LogP contribution is -2.52. The molecule has 6 fully saturated rings. The molecule has 0 spiro atoms. The van der Waals surface area contributed by atoms with Gasteiger partial charge >= 0.3 is 6.09 Å². The van der Waals surface area contributed by atoms with Crippen LogP contribution < -0.4 is 32.3 Å². The lowest BCUT2D eigenvalue weighted by Gasteiger charge is -2.43. The monoisotopic (exact) mass is 1290 g/mol. The van der Waals surface area contributed by atoms with Gasteiger partial charge in [0.15, 0.2) is 22.9 Å². The fourth-order valence-corrected chi connectivity index (χ4v) is 13.9. The first-order chi connectivity index (χ1) is 43.2. The molecule has 92 heavy (non-hydrogen) atoms. The van der Waals surface area contributed by atoms with Gasteiger partial charge in [0.1, 0.15) is 28.3 Å². The molecule has 6 aliphatic rings. The number of carbonyl (C=O) groups excluding carboxylic acids is 1. The highest BCUT2D eigenvalue weighted by molar-refractivity contribution is 5.87. The number of hydrogen-bond acceptors (Lipinski definition) is 15. The fourth-order valence-electron chi connectivity index (χ4n) is 13.9. The van der Waals surface area contributed by atoms with E-state index in [-0.39, 0.29) is 42.8 Å². The summed E-state index contributed by atoms with van der Waals surface area (Å²) >= 11 is 0. The Bertz CT molecular complexity index is 4300. The summed E-state index contributed by atoms with van der Waals surface area (Å²) in [7, 11) is 0. The molecular weight excluding hydrogens is 1220 g/mol. The number of ether oxygens (including phenoxy) is 3. The Morgan fingerprint density at radius 3 is 1.36 bits per heavy atom. The van der Waals surface area contributed by atoms with Crippen molar-refractivity contribution in [1.82, 2.24) is 44.4 Å². The van der Waals surface area contributed by atoms with E-state index in [2.05, 4.69) is 133 Å². The van der Waals surface area contributed by atoms with E-state index in [0.29, 0.717) is 47.7 Å². The molecule has 476 valence electrons. The van der Waals surface area contributed by atoms with Crippen molar-refractivity contribution >= 4 is 88.7 Å². The molecule has 2 saturated carbocycles. The van der Waals surface area contributed by atoms with Crippen molar-refractivity contribution in [2.75, 3.05) is 47.4 Å². The number of nitrogens with one attached hydrogen (secondary N) is 1. The second-order valence-electron chi connectivity index (χ2n) is 26.0. The third-order valence-electron chi connectivity index (χ3n) is 18.8. The molecule has 4 unspecified atom stereocenters. The van der Waals surface area contributed by atoms with Crippen LogP contribution in [-0.2, 0) is 25.3 Å². The van der Waals surface area contributed by atoms with Crippen LogP contribution in [0, 0.1) is 0 Å². The van der Waals surface area contributed by atoms with Crippen molar-refractivity contribution in [2.24, 2.45) is 5.73 Å². The number of morpholine rings is 2. The zero-order valence-corrected chi connectivity index (χ0v) is 54.2. The van der Waals surface area contributed by atoms with Gasteiger partial charge in [0.2, 0.25) is 0 Å². The van der Waals surface area contributed by atoms with E-state index in [1.54, 1.807) is 12.4 Å². The van der Waals surface area contributed by atoms with Crippen LogP contribution in [0.1, 0.15) is 96.1 Å². The van der Waals surface area contributed by atoms with Gasteiger partial charge in [-0.1, -0.05) is 48.5 Å². The summed E-state index contributed by atoms with van der Waals surface area (Å²) in [5.41, 5.74) is 33.0. The Balaban J connectivity index is 0.000000174. The van der Waals surface area contributed by atoms with E-state index in [4.69, 9.17) is 51.3 Å².